The predicted octanol–water partition coefficient (Wildman–Crippen LogP) is 3.19. The van der Waals surface area contributed by atoms with Crippen LogP contribution in [0.1, 0.15) is 41.2 Å². The molecule has 1 saturated heterocycles. The van der Waals surface area contributed by atoms with Crippen LogP contribution in [0.4, 0.5) is 0 Å². The highest BCUT2D eigenvalue weighted by Crippen LogP contribution is 2.20. The van der Waals surface area contributed by atoms with Crippen molar-refractivity contribution >= 4 is 11.9 Å². The third-order valence-electron chi connectivity index (χ3n) is 4.44. The van der Waals surface area contributed by atoms with E-state index in [1.807, 2.05) is 18.2 Å². The van der Waals surface area contributed by atoms with E-state index in [-0.39, 0.29) is 18.4 Å². The van der Waals surface area contributed by atoms with Gasteiger partial charge in [-0.25, -0.2) is 0 Å². The number of aliphatic carboxylic acids is 1. The Labute approximate surface area is 158 Å². The first-order valence-electron chi connectivity index (χ1n) is 9.04. The smallest absolute Gasteiger partial charge is 0.305 e. The molecule has 0 saturated carbocycles. The summed E-state index contributed by atoms with van der Waals surface area (Å²) in [5.41, 5.74) is 1.17. The molecule has 6 heteroatoms. The Morgan fingerprint density at radius 2 is 2.00 bits per heavy atom. The fourth-order valence-corrected chi connectivity index (χ4v) is 3.05. The minimum atomic E-state index is -0.974. The molecule has 0 aliphatic carbocycles. The highest BCUT2D eigenvalue weighted by atomic mass is 16.5. The first kappa shape index (κ1) is 18.9. The zero-order valence-corrected chi connectivity index (χ0v) is 15.0. The van der Waals surface area contributed by atoms with E-state index in [1.165, 1.54) is 0 Å². The number of carbonyl (C=O) groups is 2. The SMILES string of the molecule is O=C(O)CC(NC(=O)c1cccc(OCC2CCCO2)c1)c1ccccc1. The van der Waals surface area contributed by atoms with Crippen LogP contribution in [0.5, 0.6) is 5.75 Å². The number of hydrogen-bond acceptors (Lipinski definition) is 4. The standard InChI is InChI=1S/C21H23NO5/c23-20(24)13-19(15-6-2-1-3-7-15)22-21(25)16-8-4-9-17(12-16)27-14-18-10-5-11-26-18/h1-4,6-9,12,18-19H,5,10-11,13-14H2,(H,22,25)(H,23,24). The quantitative estimate of drug-likeness (QED) is 0.746. The molecule has 0 spiro atoms. The molecule has 0 bridgehead atoms. The van der Waals surface area contributed by atoms with Crippen molar-refractivity contribution in [1.82, 2.24) is 5.32 Å². The van der Waals surface area contributed by atoms with E-state index in [0.717, 1.165) is 25.0 Å². The van der Waals surface area contributed by atoms with Crippen molar-refractivity contribution in [2.45, 2.75) is 31.4 Å². The van der Waals surface area contributed by atoms with Gasteiger partial charge in [0, 0.05) is 12.2 Å². The minimum Gasteiger partial charge on any atom is -0.491 e. The van der Waals surface area contributed by atoms with Crippen LogP contribution in [-0.2, 0) is 9.53 Å². The van der Waals surface area contributed by atoms with Crippen molar-refractivity contribution in [2.75, 3.05) is 13.2 Å². The molecule has 2 N–H and O–H groups in total. The van der Waals surface area contributed by atoms with E-state index < -0.39 is 12.0 Å². The third-order valence-corrected chi connectivity index (χ3v) is 4.44. The van der Waals surface area contributed by atoms with Gasteiger partial charge in [-0.1, -0.05) is 36.4 Å². The number of ether oxygens (including phenoxy) is 2. The van der Waals surface area contributed by atoms with Crippen molar-refractivity contribution in [2.24, 2.45) is 0 Å². The Hall–Kier alpha value is -2.86. The minimum absolute atomic E-state index is 0.0977. The molecular weight excluding hydrogens is 346 g/mol. The maximum atomic E-state index is 12.6. The lowest BCUT2D eigenvalue weighted by molar-refractivity contribution is -0.137. The largest absolute Gasteiger partial charge is 0.491 e. The summed E-state index contributed by atoms with van der Waals surface area (Å²) < 4.78 is 11.3. The van der Waals surface area contributed by atoms with Gasteiger partial charge in [0.15, 0.2) is 0 Å². The van der Waals surface area contributed by atoms with Gasteiger partial charge in [0.05, 0.1) is 18.6 Å². The van der Waals surface area contributed by atoms with Crippen LogP contribution in [0.15, 0.2) is 54.6 Å². The Morgan fingerprint density at radius 3 is 2.70 bits per heavy atom. The molecule has 27 heavy (non-hydrogen) atoms. The summed E-state index contributed by atoms with van der Waals surface area (Å²) >= 11 is 0. The second-order valence-corrected chi connectivity index (χ2v) is 6.51. The molecule has 0 aromatic heterocycles. The van der Waals surface area contributed by atoms with Gasteiger partial charge < -0.3 is 19.9 Å². The van der Waals surface area contributed by atoms with Crippen molar-refractivity contribution in [1.29, 1.82) is 0 Å². The van der Waals surface area contributed by atoms with Crippen LogP contribution in [0.2, 0.25) is 0 Å². The molecule has 1 amide bonds. The third kappa shape index (κ3) is 5.56. The van der Waals surface area contributed by atoms with Crippen LogP contribution < -0.4 is 10.1 Å². The lowest BCUT2D eigenvalue weighted by Gasteiger charge is -2.18. The van der Waals surface area contributed by atoms with Crippen LogP contribution in [-0.4, -0.2) is 36.3 Å². The molecule has 0 radical (unpaired) electrons. The zero-order valence-electron chi connectivity index (χ0n) is 15.0. The number of benzene rings is 2. The average molecular weight is 369 g/mol. The normalized spacial score (nSPS) is 17.3. The van der Waals surface area contributed by atoms with E-state index in [2.05, 4.69) is 5.32 Å². The molecule has 1 fully saturated rings. The second kappa shape index (κ2) is 9.19. The molecule has 2 unspecified atom stereocenters. The number of amides is 1. The van der Waals surface area contributed by atoms with E-state index in [1.54, 1.807) is 36.4 Å². The summed E-state index contributed by atoms with van der Waals surface area (Å²) in [5, 5.41) is 12.0. The monoisotopic (exact) mass is 369 g/mol. The molecule has 3 rings (SSSR count). The number of carboxylic acid groups (broad SMARTS) is 1. The number of nitrogens with one attached hydrogen (secondary N) is 1. The summed E-state index contributed by atoms with van der Waals surface area (Å²) in [7, 11) is 0. The van der Waals surface area contributed by atoms with E-state index in [4.69, 9.17) is 14.6 Å². The van der Waals surface area contributed by atoms with Crippen LogP contribution in [0, 0.1) is 0 Å². The molecule has 142 valence electrons. The van der Waals surface area contributed by atoms with Gasteiger partial charge in [-0.05, 0) is 36.6 Å². The summed E-state index contributed by atoms with van der Waals surface area (Å²) in [5.74, 6) is -0.724. The van der Waals surface area contributed by atoms with Gasteiger partial charge >= 0.3 is 5.97 Å². The molecule has 1 aliphatic heterocycles. The first-order valence-corrected chi connectivity index (χ1v) is 9.04. The number of hydrogen-bond donors (Lipinski definition) is 2. The highest BCUT2D eigenvalue weighted by molar-refractivity contribution is 5.95. The lowest BCUT2D eigenvalue weighted by Crippen LogP contribution is -2.30. The van der Waals surface area contributed by atoms with E-state index in [9.17, 15) is 9.59 Å². The topological polar surface area (TPSA) is 84.9 Å². The number of rotatable bonds is 8. The molecular formula is C21H23NO5. The Morgan fingerprint density at radius 1 is 1.19 bits per heavy atom. The maximum absolute atomic E-state index is 12.6. The summed E-state index contributed by atoms with van der Waals surface area (Å²) in [4.78, 5) is 23.8. The summed E-state index contributed by atoms with van der Waals surface area (Å²) in [6.45, 7) is 1.22. The summed E-state index contributed by atoms with van der Waals surface area (Å²) in [6, 6.07) is 15.3. The Balaban J connectivity index is 1.66. The van der Waals surface area contributed by atoms with Crippen LogP contribution >= 0.6 is 0 Å². The van der Waals surface area contributed by atoms with Gasteiger partial charge in [0.25, 0.3) is 5.91 Å². The Kier molecular flexibility index (Phi) is 6.44. The van der Waals surface area contributed by atoms with E-state index >= 15 is 0 Å². The molecule has 1 aliphatic rings. The molecule has 6 nitrogen and oxygen atoms in total. The predicted molar refractivity (Wildman–Crippen MR) is 99.8 cm³/mol. The first-order chi connectivity index (χ1) is 13.1. The number of carboxylic acids is 1. The van der Waals surface area contributed by atoms with Crippen LogP contribution in [0.3, 0.4) is 0 Å². The van der Waals surface area contributed by atoms with Crippen molar-refractivity contribution in [3.63, 3.8) is 0 Å². The zero-order chi connectivity index (χ0) is 19.1. The highest BCUT2D eigenvalue weighted by Gasteiger charge is 2.20. The van der Waals surface area contributed by atoms with Crippen LogP contribution in [0.25, 0.3) is 0 Å². The fraction of sp³-hybridized carbons (Fsp3) is 0.333. The second-order valence-electron chi connectivity index (χ2n) is 6.51. The maximum Gasteiger partial charge on any atom is 0.305 e. The van der Waals surface area contributed by atoms with Gasteiger partial charge in [0.2, 0.25) is 0 Å². The van der Waals surface area contributed by atoms with Crippen molar-refractivity contribution < 1.29 is 24.2 Å². The molecule has 2 atom stereocenters. The van der Waals surface area contributed by atoms with Crippen molar-refractivity contribution in [3.05, 3.63) is 65.7 Å². The number of carbonyl (C=O) groups excluding carboxylic acids is 1. The van der Waals surface area contributed by atoms with Gasteiger partial charge in [0.1, 0.15) is 12.4 Å². The van der Waals surface area contributed by atoms with Crippen molar-refractivity contribution in [3.8, 4) is 5.75 Å². The fourth-order valence-electron chi connectivity index (χ4n) is 3.05. The van der Waals surface area contributed by atoms with Gasteiger partial charge in [-0.2, -0.15) is 0 Å². The molecule has 2 aromatic rings. The average Bonchev–Trinajstić information content (AvgIpc) is 3.20. The Bertz CT molecular complexity index is 771. The molecule has 1 heterocycles. The molecule has 2 aromatic carbocycles. The summed E-state index contributed by atoms with van der Waals surface area (Å²) in [6.07, 6.45) is 1.93. The van der Waals surface area contributed by atoms with Gasteiger partial charge in [-0.15, -0.1) is 0 Å². The lowest BCUT2D eigenvalue weighted by atomic mass is 10.0. The van der Waals surface area contributed by atoms with Gasteiger partial charge in [-0.3, -0.25) is 9.59 Å². The van der Waals surface area contributed by atoms with E-state index in [0.29, 0.717) is 17.9 Å².